The zero-order valence-corrected chi connectivity index (χ0v) is 17.6. The first kappa shape index (κ1) is 21.8. The Kier molecular flexibility index (Phi) is 6.43. The Morgan fingerprint density at radius 2 is 1.93 bits per heavy atom. The van der Waals surface area contributed by atoms with E-state index in [0.717, 1.165) is 0 Å². The molecule has 1 heterocycles. The third-order valence-electron chi connectivity index (χ3n) is 4.95. The van der Waals surface area contributed by atoms with Crippen molar-refractivity contribution in [1.82, 2.24) is 9.80 Å². The monoisotopic (exact) mass is 432 g/mol. The first-order chi connectivity index (χ1) is 14.3. The van der Waals surface area contributed by atoms with Gasteiger partial charge in [-0.1, -0.05) is 29.8 Å². The van der Waals surface area contributed by atoms with Gasteiger partial charge in [-0.25, -0.2) is 4.39 Å². The van der Waals surface area contributed by atoms with Crippen molar-refractivity contribution >= 4 is 29.1 Å². The van der Waals surface area contributed by atoms with Crippen LogP contribution in [0.4, 0.5) is 4.39 Å². The van der Waals surface area contributed by atoms with Crippen LogP contribution in [0.15, 0.2) is 48.0 Å². The first-order valence-corrected chi connectivity index (χ1v) is 9.65. The lowest BCUT2D eigenvalue weighted by Gasteiger charge is -2.26. The number of ether oxygens (including phenoxy) is 1. The maximum Gasteiger partial charge on any atom is 0.295 e. The molecular formula is C22H22ClFN2O4. The summed E-state index contributed by atoms with van der Waals surface area (Å²) < 4.78 is 19.8. The molecule has 2 aromatic carbocycles. The lowest BCUT2D eigenvalue weighted by atomic mass is 9.95. The largest absolute Gasteiger partial charge is 0.507 e. The molecule has 1 atom stereocenters. The van der Waals surface area contributed by atoms with Crippen LogP contribution in [0.25, 0.3) is 5.76 Å². The molecule has 1 saturated heterocycles. The van der Waals surface area contributed by atoms with Gasteiger partial charge in [-0.2, -0.15) is 0 Å². The van der Waals surface area contributed by atoms with Crippen molar-refractivity contribution in [2.75, 3.05) is 34.3 Å². The van der Waals surface area contributed by atoms with Gasteiger partial charge in [0.05, 0.1) is 23.7 Å². The van der Waals surface area contributed by atoms with Gasteiger partial charge in [0.15, 0.2) is 0 Å². The number of carbonyl (C=O) groups is 2. The van der Waals surface area contributed by atoms with Crippen LogP contribution in [0.3, 0.4) is 0 Å². The highest BCUT2D eigenvalue weighted by Crippen LogP contribution is 2.40. The van der Waals surface area contributed by atoms with E-state index in [1.165, 1.54) is 48.4 Å². The van der Waals surface area contributed by atoms with Gasteiger partial charge >= 0.3 is 0 Å². The number of hydrogen-bond donors (Lipinski definition) is 1. The highest BCUT2D eigenvalue weighted by Gasteiger charge is 2.46. The Bertz CT molecular complexity index is 1020. The van der Waals surface area contributed by atoms with E-state index in [1.54, 1.807) is 6.07 Å². The molecule has 0 aromatic heterocycles. The van der Waals surface area contributed by atoms with Crippen LogP contribution in [0.5, 0.6) is 5.75 Å². The molecule has 0 saturated carbocycles. The van der Waals surface area contributed by atoms with Crippen molar-refractivity contribution in [3.8, 4) is 5.75 Å². The molecule has 1 aliphatic heterocycles. The summed E-state index contributed by atoms with van der Waals surface area (Å²) in [7, 11) is 5.11. The van der Waals surface area contributed by atoms with E-state index < -0.39 is 29.3 Å². The van der Waals surface area contributed by atoms with Crippen molar-refractivity contribution in [3.63, 3.8) is 0 Å². The molecule has 0 spiro atoms. The Labute approximate surface area is 179 Å². The van der Waals surface area contributed by atoms with Gasteiger partial charge in [-0.05, 0) is 38.4 Å². The van der Waals surface area contributed by atoms with Gasteiger partial charge in [0.25, 0.3) is 11.7 Å². The second-order valence-electron chi connectivity index (χ2n) is 7.17. The summed E-state index contributed by atoms with van der Waals surface area (Å²) in [5.41, 5.74) is 0.189. The number of aliphatic hydroxyl groups excluding tert-OH is 1. The van der Waals surface area contributed by atoms with Gasteiger partial charge < -0.3 is 19.6 Å². The molecule has 0 aliphatic carbocycles. The third-order valence-corrected chi connectivity index (χ3v) is 5.25. The van der Waals surface area contributed by atoms with Crippen LogP contribution in [0.2, 0.25) is 5.02 Å². The number of likely N-dealkylation sites (tertiary alicyclic amines) is 1. The maximum absolute atomic E-state index is 14.7. The van der Waals surface area contributed by atoms with E-state index in [1.807, 2.05) is 19.0 Å². The number of Topliss-reactive ketones (excluding diaryl/α,β-unsaturated/α-hetero) is 1. The molecule has 3 rings (SSSR count). The zero-order chi connectivity index (χ0) is 22.0. The maximum atomic E-state index is 14.7. The van der Waals surface area contributed by atoms with Crippen molar-refractivity contribution < 1.29 is 23.8 Å². The van der Waals surface area contributed by atoms with Gasteiger partial charge in [-0.3, -0.25) is 9.59 Å². The molecule has 0 radical (unpaired) electrons. The van der Waals surface area contributed by atoms with E-state index in [-0.39, 0.29) is 28.3 Å². The van der Waals surface area contributed by atoms with Crippen molar-refractivity contribution in [3.05, 3.63) is 70.0 Å². The minimum atomic E-state index is -1.05. The number of benzene rings is 2. The molecule has 6 nitrogen and oxygen atoms in total. The second kappa shape index (κ2) is 8.85. The number of amides is 1. The minimum absolute atomic E-state index is 0.136. The number of ketones is 1. The summed E-state index contributed by atoms with van der Waals surface area (Å²) in [4.78, 5) is 28.8. The molecule has 1 aliphatic rings. The molecule has 1 amide bonds. The summed E-state index contributed by atoms with van der Waals surface area (Å²) in [6.07, 6.45) is 0. The van der Waals surface area contributed by atoms with Crippen LogP contribution in [0, 0.1) is 5.82 Å². The predicted molar refractivity (Wildman–Crippen MR) is 112 cm³/mol. The fourth-order valence-corrected chi connectivity index (χ4v) is 3.67. The zero-order valence-electron chi connectivity index (χ0n) is 16.9. The topological polar surface area (TPSA) is 70.1 Å². The van der Waals surface area contributed by atoms with Gasteiger partial charge in [0.2, 0.25) is 0 Å². The van der Waals surface area contributed by atoms with Crippen molar-refractivity contribution in [2.24, 2.45) is 0 Å². The summed E-state index contributed by atoms with van der Waals surface area (Å²) in [6.45, 7) is 0.656. The molecule has 0 unspecified atom stereocenters. The smallest absolute Gasteiger partial charge is 0.295 e. The van der Waals surface area contributed by atoms with Crippen molar-refractivity contribution in [1.29, 1.82) is 0 Å². The second-order valence-corrected chi connectivity index (χ2v) is 7.57. The highest BCUT2D eigenvalue weighted by atomic mass is 35.5. The van der Waals surface area contributed by atoms with E-state index in [0.29, 0.717) is 12.3 Å². The number of methoxy groups -OCH3 is 1. The Morgan fingerprint density at radius 1 is 1.23 bits per heavy atom. The molecule has 158 valence electrons. The summed E-state index contributed by atoms with van der Waals surface area (Å²) in [5, 5.41) is 11.2. The number of carbonyl (C=O) groups excluding carboxylic acids is 2. The third kappa shape index (κ3) is 4.04. The Morgan fingerprint density at radius 3 is 2.53 bits per heavy atom. The SMILES string of the molecule is COc1ccc(C(O)=C2C(=O)C(=O)N(CCN(C)C)[C@H]2c2ccccc2F)cc1Cl. The predicted octanol–water partition coefficient (Wildman–Crippen LogP) is 3.47. The number of nitrogens with zero attached hydrogens (tertiary/aromatic N) is 2. The molecule has 8 heteroatoms. The highest BCUT2D eigenvalue weighted by molar-refractivity contribution is 6.46. The number of halogens is 2. The van der Waals surface area contributed by atoms with E-state index in [9.17, 15) is 19.1 Å². The lowest BCUT2D eigenvalue weighted by molar-refractivity contribution is -0.140. The lowest BCUT2D eigenvalue weighted by Crippen LogP contribution is -2.35. The van der Waals surface area contributed by atoms with Crippen LogP contribution >= 0.6 is 11.6 Å². The molecular weight excluding hydrogens is 411 g/mol. The molecule has 1 fully saturated rings. The number of hydrogen-bond acceptors (Lipinski definition) is 5. The van der Waals surface area contributed by atoms with Gasteiger partial charge in [-0.15, -0.1) is 0 Å². The summed E-state index contributed by atoms with van der Waals surface area (Å²) in [5.74, 6) is -2.25. The van der Waals surface area contributed by atoms with Gasteiger partial charge in [0, 0.05) is 24.2 Å². The average Bonchev–Trinajstić information content (AvgIpc) is 2.96. The quantitative estimate of drug-likeness (QED) is 0.430. The fraction of sp³-hybridized carbons (Fsp3) is 0.273. The Balaban J connectivity index is 2.18. The fourth-order valence-electron chi connectivity index (χ4n) is 3.41. The summed E-state index contributed by atoms with van der Waals surface area (Å²) >= 11 is 6.15. The van der Waals surface area contributed by atoms with Crippen LogP contribution in [-0.4, -0.2) is 60.9 Å². The number of likely N-dealkylation sites (N-methyl/N-ethyl adjacent to an activating group) is 1. The molecule has 1 N–H and O–H groups in total. The number of rotatable bonds is 6. The Hall–Kier alpha value is -2.90. The summed E-state index contributed by atoms with van der Waals surface area (Å²) in [6, 6.07) is 9.34. The van der Waals surface area contributed by atoms with Crippen LogP contribution in [-0.2, 0) is 9.59 Å². The normalized spacial score (nSPS) is 18.3. The van der Waals surface area contributed by atoms with E-state index in [4.69, 9.17) is 16.3 Å². The standard InChI is InChI=1S/C22H22ClFN2O4/c1-25(2)10-11-26-19(14-6-4-5-7-16(14)24)18(21(28)22(26)29)20(27)13-8-9-17(30-3)15(23)12-13/h4-9,12,19,27H,10-11H2,1-3H3/t19-/m0/s1. The van der Waals surface area contributed by atoms with E-state index >= 15 is 0 Å². The van der Waals surface area contributed by atoms with Gasteiger partial charge in [0.1, 0.15) is 17.3 Å². The molecule has 2 aromatic rings. The molecule has 0 bridgehead atoms. The van der Waals surface area contributed by atoms with E-state index in [2.05, 4.69) is 0 Å². The van der Waals surface area contributed by atoms with Crippen LogP contribution in [0.1, 0.15) is 17.2 Å². The number of aliphatic hydroxyl groups is 1. The average molecular weight is 433 g/mol. The minimum Gasteiger partial charge on any atom is -0.507 e. The van der Waals surface area contributed by atoms with Crippen molar-refractivity contribution in [2.45, 2.75) is 6.04 Å². The van der Waals surface area contributed by atoms with Crippen LogP contribution < -0.4 is 4.74 Å². The first-order valence-electron chi connectivity index (χ1n) is 9.27. The molecule has 30 heavy (non-hydrogen) atoms.